The van der Waals surface area contributed by atoms with Gasteiger partial charge in [0.1, 0.15) is 0 Å². The van der Waals surface area contributed by atoms with Crippen molar-refractivity contribution in [3.8, 4) is 0 Å². The fraction of sp³-hybridized carbons (Fsp3) is 0.800. The summed E-state index contributed by atoms with van der Waals surface area (Å²) in [6, 6.07) is 0. The maximum Gasteiger partial charge on any atom is 0.409 e. The van der Waals surface area contributed by atoms with Crippen LogP contribution in [0.4, 0.5) is 4.79 Å². The molecule has 0 radical (unpaired) electrons. The lowest BCUT2D eigenvalue weighted by molar-refractivity contribution is -0.125. The first-order valence-electron chi connectivity index (χ1n) is 5.32. The van der Waals surface area contributed by atoms with E-state index in [0.717, 1.165) is 12.8 Å². The Hall–Kier alpha value is -1.26. The van der Waals surface area contributed by atoms with Crippen molar-refractivity contribution < 1.29 is 14.3 Å². The van der Waals surface area contributed by atoms with Gasteiger partial charge in [0.2, 0.25) is 5.91 Å². The standard InChI is InChI=1S/C10H18N2O3/c1-3-15-10(14)12-6-4-8(5-7-12)9(13)11-2/h8H,3-7H2,1-2H3,(H,11,13). The zero-order valence-corrected chi connectivity index (χ0v) is 9.28. The number of likely N-dealkylation sites (tertiary alicyclic amines) is 1. The number of nitrogens with one attached hydrogen (secondary N) is 1. The first-order valence-corrected chi connectivity index (χ1v) is 5.32. The van der Waals surface area contributed by atoms with Gasteiger partial charge in [0.15, 0.2) is 0 Å². The molecule has 0 aromatic carbocycles. The van der Waals surface area contributed by atoms with Gasteiger partial charge in [-0.05, 0) is 19.8 Å². The van der Waals surface area contributed by atoms with Gasteiger partial charge in [-0.2, -0.15) is 0 Å². The Kier molecular flexibility index (Phi) is 4.39. The molecule has 0 atom stereocenters. The summed E-state index contributed by atoms with van der Waals surface area (Å²) in [5, 5.41) is 2.63. The first kappa shape index (κ1) is 11.8. The van der Waals surface area contributed by atoms with E-state index in [0.29, 0.717) is 19.7 Å². The fourth-order valence-corrected chi connectivity index (χ4v) is 1.74. The molecule has 2 amide bonds. The van der Waals surface area contributed by atoms with Crippen LogP contribution in [0.15, 0.2) is 0 Å². The highest BCUT2D eigenvalue weighted by Gasteiger charge is 2.27. The molecule has 0 unspecified atom stereocenters. The number of hydrogen-bond donors (Lipinski definition) is 1. The van der Waals surface area contributed by atoms with Gasteiger partial charge in [-0.3, -0.25) is 4.79 Å². The van der Waals surface area contributed by atoms with E-state index < -0.39 is 0 Å². The second-order valence-electron chi connectivity index (χ2n) is 3.57. The molecule has 1 aliphatic heterocycles. The lowest BCUT2D eigenvalue weighted by Crippen LogP contribution is -2.42. The summed E-state index contributed by atoms with van der Waals surface area (Å²) < 4.78 is 4.89. The zero-order chi connectivity index (χ0) is 11.3. The normalized spacial score (nSPS) is 17.3. The zero-order valence-electron chi connectivity index (χ0n) is 9.28. The van der Waals surface area contributed by atoms with Crippen LogP contribution in [0.3, 0.4) is 0 Å². The number of carbonyl (C=O) groups is 2. The lowest BCUT2D eigenvalue weighted by Gasteiger charge is -2.30. The molecular weight excluding hydrogens is 196 g/mol. The summed E-state index contributed by atoms with van der Waals surface area (Å²) in [6.45, 7) is 3.40. The Labute approximate surface area is 89.8 Å². The molecule has 5 heteroatoms. The van der Waals surface area contributed by atoms with Crippen molar-refractivity contribution in [1.82, 2.24) is 10.2 Å². The Balaban J connectivity index is 2.35. The molecule has 0 aromatic heterocycles. The topological polar surface area (TPSA) is 58.6 Å². The predicted molar refractivity (Wildman–Crippen MR) is 55.4 cm³/mol. The van der Waals surface area contributed by atoms with Crippen LogP contribution in [-0.4, -0.2) is 43.6 Å². The van der Waals surface area contributed by atoms with E-state index in [1.54, 1.807) is 18.9 Å². The second kappa shape index (κ2) is 5.58. The summed E-state index contributed by atoms with van der Waals surface area (Å²) in [4.78, 5) is 24.3. The van der Waals surface area contributed by atoms with Crippen LogP contribution in [0.2, 0.25) is 0 Å². The molecule has 1 saturated heterocycles. The van der Waals surface area contributed by atoms with Crippen LogP contribution < -0.4 is 5.32 Å². The Morgan fingerprint density at radius 3 is 2.47 bits per heavy atom. The van der Waals surface area contributed by atoms with Crippen molar-refractivity contribution in [2.45, 2.75) is 19.8 Å². The van der Waals surface area contributed by atoms with E-state index in [4.69, 9.17) is 4.74 Å². The summed E-state index contributed by atoms with van der Waals surface area (Å²) >= 11 is 0. The summed E-state index contributed by atoms with van der Waals surface area (Å²) in [5.74, 6) is 0.110. The van der Waals surface area contributed by atoms with Crippen LogP contribution in [0.25, 0.3) is 0 Å². The highest BCUT2D eigenvalue weighted by Crippen LogP contribution is 2.17. The molecule has 86 valence electrons. The van der Waals surface area contributed by atoms with E-state index in [1.165, 1.54) is 0 Å². The number of nitrogens with zero attached hydrogens (tertiary/aromatic N) is 1. The van der Waals surface area contributed by atoms with E-state index in [1.807, 2.05) is 0 Å². The molecule has 15 heavy (non-hydrogen) atoms. The molecule has 1 N–H and O–H groups in total. The monoisotopic (exact) mass is 214 g/mol. The van der Waals surface area contributed by atoms with Crippen LogP contribution in [0.5, 0.6) is 0 Å². The minimum Gasteiger partial charge on any atom is -0.450 e. The van der Waals surface area contributed by atoms with E-state index in [2.05, 4.69) is 5.32 Å². The first-order chi connectivity index (χ1) is 7.19. The predicted octanol–water partition coefficient (Wildman–Crippen LogP) is 0.601. The van der Waals surface area contributed by atoms with Crippen LogP contribution in [-0.2, 0) is 9.53 Å². The van der Waals surface area contributed by atoms with Crippen molar-refractivity contribution in [2.75, 3.05) is 26.7 Å². The van der Waals surface area contributed by atoms with Crippen molar-refractivity contribution >= 4 is 12.0 Å². The molecule has 0 spiro atoms. The summed E-state index contributed by atoms with van der Waals surface area (Å²) in [6.07, 6.45) is 1.17. The van der Waals surface area contributed by atoms with Crippen molar-refractivity contribution in [2.24, 2.45) is 5.92 Å². The molecule has 0 aromatic rings. The minimum atomic E-state index is -0.271. The van der Waals surface area contributed by atoms with Crippen LogP contribution >= 0.6 is 0 Å². The van der Waals surface area contributed by atoms with Gasteiger partial charge in [0.05, 0.1) is 6.61 Å². The number of rotatable bonds is 2. The van der Waals surface area contributed by atoms with E-state index >= 15 is 0 Å². The number of piperidine rings is 1. The Morgan fingerprint density at radius 2 is 2.00 bits per heavy atom. The van der Waals surface area contributed by atoms with Gasteiger partial charge >= 0.3 is 6.09 Å². The summed E-state index contributed by atoms with van der Waals surface area (Å²) in [5.41, 5.74) is 0. The number of carbonyl (C=O) groups excluding carboxylic acids is 2. The van der Waals surface area contributed by atoms with Gasteiger partial charge in [-0.1, -0.05) is 0 Å². The van der Waals surface area contributed by atoms with Crippen molar-refractivity contribution in [3.63, 3.8) is 0 Å². The van der Waals surface area contributed by atoms with Gasteiger partial charge in [0.25, 0.3) is 0 Å². The molecule has 1 aliphatic rings. The van der Waals surface area contributed by atoms with Crippen LogP contribution in [0, 0.1) is 5.92 Å². The number of amides is 2. The maximum absolute atomic E-state index is 11.3. The molecule has 0 aliphatic carbocycles. The SMILES string of the molecule is CCOC(=O)N1CCC(C(=O)NC)CC1. The third-order valence-electron chi connectivity index (χ3n) is 2.64. The maximum atomic E-state index is 11.3. The Bertz CT molecular complexity index is 235. The highest BCUT2D eigenvalue weighted by molar-refractivity contribution is 5.78. The molecule has 0 bridgehead atoms. The average Bonchev–Trinajstić information content (AvgIpc) is 2.28. The van der Waals surface area contributed by atoms with E-state index in [-0.39, 0.29) is 17.9 Å². The highest BCUT2D eigenvalue weighted by atomic mass is 16.6. The smallest absolute Gasteiger partial charge is 0.409 e. The fourth-order valence-electron chi connectivity index (χ4n) is 1.74. The molecular formula is C10H18N2O3. The molecule has 5 nitrogen and oxygen atoms in total. The molecule has 1 rings (SSSR count). The third-order valence-corrected chi connectivity index (χ3v) is 2.64. The van der Waals surface area contributed by atoms with Crippen molar-refractivity contribution in [1.29, 1.82) is 0 Å². The minimum absolute atomic E-state index is 0.0423. The third kappa shape index (κ3) is 3.11. The van der Waals surface area contributed by atoms with Gasteiger partial charge in [-0.25, -0.2) is 4.79 Å². The molecule has 1 heterocycles. The lowest BCUT2D eigenvalue weighted by atomic mass is 9.96. The largest absolute Gasteiger partial charge is 0.450 e. The van der Waals surface area contributed by atoms with Crippen molar-refractivity contribution in [3.05, 3.63) is 0 Å². The quantitative estimate of drug-likeness (QED) is 0.732. The molecule has 1 fully saturated rings. The van der Waals surface area contributed by atoms with Gasteiger partial charge < -0.3 is 15.0 Å². The van der Waals surface area contributed by atoms with Gasteiger partial charge in [0, 0.05) is 26.1 Å². The van der Waals surface area contributed by atoms with Gasteiger partial charge in [-0.15, -0.1) is 0 Å². The molecule has 0 saturated carbocycles. The number of hydrogen-bond acceptors (Lipinski definition) is 3. The van der Waals surface area contributed by atoms with Crippen LogP contribution in [0.1, 0.15) is 19.8 Å². The second-order valence-corrected chi connectivity index (χ2v) is 3.57. The summed E-state index contributed by atoms with van der Waals surface area (Å²) in [7, 11) is 1.64. The number of ether oxygens (including phenoxy) is 1. The Morgan fingerprint density at radius 1 is 1.40 bits per heavy atom. The van der Waals surface area contributed by atoms with E-state index in [9.17, 15) is 9.59 Å². The average molecular weight is 214 g/mol.